The monoisotopic (exact) mass is 307 g/mol. The molecule has 0 aliphatic carbocycles. The van der Waals surface area contributed by atoms with Crippen LogP contribution in [-0.2, 0) is 21.6 Å². The van der Waals surface area contributed by atoms with E-state index in [4.69, 9.17) is 4.74 Å². The zero-order valence-corrected chi connectivity index (χ0v) is 12.9. The van der Waals surface area contributed by atoms with Crippen molar-refractivity contribution in [2.45, 2.75) is 25.9 Å². The van der Waals surface area contributed by atoms with E-state index in [1.54, 1.807) is 37.3 Å². The minimum absolute atomic E-state index is 0.282. The van der Waals surface area contributed by atoms with Gasteiger partial charge in [0.1, 0.15) is 11.4 Å². The van der Waals surface area contributed by atoms with Crippen LogP contribution in [0.15, 0.2) is 41.8 Å². The van der Waals surface area contributed by atoms with Crippen LogP contribution in [0.2, 0.25) is 0 Å². The third kappa shape index (κ3) is 3.68. The Balaban J connectivity index is 2.27. The zero-order chi connectivity index (χ0) is 15.3. The largest absolute Gasteiger partial charge is 0.464 e. The minimum Gasteiger partial charge on any atom is -0.464 e. The molecule has 0 saturated carbocycles. The first-order chi connectivity index (χ1) is 10.1. The predicted octanol–water partition coefficient (Wildman–Crippen LogP) is 3.46. The van der Waals surface area contributed by atoms with E-state index in [1.807, 2.05) is 17.5 Å². The molecule has 2 aromatic rings. The topological polar surface area (TPSA) is 38.3 Å². The minimum atomic E-state index is -1.08. The van der Waals surface area contributed by atoms with Gasteiger partial charge in [-0.1, -0.05) is 18.2 Å². The third-order valence-electron chi connectivity index (χ3n) is 3.28. The Morgan fingerprint density at radius 1 is 1.38 bits per heavy atom. The quantitative estimate of drug-likeness (QED) is 0.831. The molecular weight excluding hydrogens is 289 g/mol. The number of hydrogen-bond acceptors (Lipinski definition) is 4. The Bertz CT molecular complexity index is 600. The summed E-state index contributed by atoms with van der Waals surface area (Å²) in [6.07, 6.45) is 0. The van der Waals surface area contributed by atoms with Crippen molar-refractivity contribution >= 4 is 17.3 Å². The standard InChI is InChI=1S/C16H18FNO2S/c1-3-20-15(19)16(2,12-6-4-7-13(17)10-12)18-11-14-8-5-9-21-14/h4-10,18H,3,11H2,1-2H3. The van der Waals surface area contributed by atoms with Crippen LogP contribution in [0.3, 0.4) is 0 Å². The number of benzene rings is 1. The van der Waals surface area contributed by atoms with E-state index in [1.165, 1.54) is 12.1 Å². The first-order valence-corrected chi connectivity index (χ1v) is 7.65. The van der Waals surface area contributed by atoms with Crippen LogP contribution >= 0.6 is 11.3 Å². The van der Waals surface area contributed by atoms with Crippen molar-refractivity contribution in [2.75, 3.05) is 6.61 Å². The molecule has 1 atom stereocenters. The highest BCUT2D eigenvalue weighted by molar-refractivity contribution is 7.09. The van der Waals surface area contributed by atoms with E-state index in [0.29, 0.717) is 12.1 Å². The first-order valence-electron chi connectivity index (χ1n) is 6.77. The van der Waals surface area contributed by atoms with Crippen molar-refractivity contribution in [3.8, 4) is 0 Å². The molecule has 0 radical (unpaired) electrons. The summed E-state index contributed by atoms with van der Waals surface area (Å²) in [6, 6.07) is 9.96. The Hall–Kier alpha value is -1.72. The van der Waals surface area contributed by atoms with Gasteiger partial charge in [-0.3, -0.25) is 5.32 Å². The van der Waals surface area contributed by atoms with Crippen LogP contribution in [0.1, 0.15) is 24.3 Å². The maximum Gasteiger partial charge on any atom is 0.330 e. The number of esters is 1. The lowest BCUT2D eigenvalue weighted by molar-refractivity contribution is -0.151. The molecule has 0 aliphatic rings. The summed E-state index contributed by atoms with van der Waals surface area (Å²) in [5, 5.41) is 5.17. The van der Waals surface area contributed by atoms with Gasteiger partial charge in [-0.15, -0.1) is 11.3 Å². The molecule has 112 valence electrons. The molecule has 0 amide bonds. The van der Waals surface area contributed by atoms with Crippen LogP contribution < -0.4 is 5.32 Å². The summed E-state index contributed by atoms with van der Waals surface area (Å²) < 4.78 is 18.6. The van der Waals surface area contributed by atoms with Crippen molar-refractivity contribution in [2.24, 2.45) is 0 Å². The van der Waals surface area contributed by atoms with Crippen molar-refractivity contribution in [1.82, 2.24) is 5.32 Å². The highest BCUT2D eigenvalue weighted by Gasteiger charge is 2.36. The number of ether oxygens (including phenoxy) is 1. The summed E-state index contributed by atoms with van der Waals surface area (Å²) >= 11 is 1.60. The van der Waals surface area contributed by atoms with Gasteiger partial charge in [0.25, 0.3) is 0 Å². The fourth-order valence-electron chi connectivity index (χ4n) is 2.04. The summed E-state index contributed by atoms with van der Waals surface area (Å²) in [4.78, 5) is 13.4. The van der Waals surface area contributed by atoms with Crippen LogP contribution in [0, 0.1) is 5.82 Å². The van der Waals surface area contributed by atoms with Gasteiger partial charge >= 0.3 is 5.97 Å². The molecule has 0 bridgehead atoms. The van der Waals surface area contributed by atoms with Gasteiger partial charge < -0.3 is 4.74 Å². The summed E-state index contributed by atoms with van der Waals surface area (Å²) in [5.74, 6) is -0.784. The van der Waals surface area contributed by atoms with Crippen molar-refractivity contribution in [3.05, 3.63) is 58.0 Å². The molecule has 1 aromatic heterocycles. The Morgan fingerprint density at radius 2 is 2.19 bits per heavy atom. The molecule has 0 aliphatic heterocycles. The number of thiophene rings is 1. The number of carbonyl (C=O) groups is 1. The predicted molar refractivity (Wildman–Crippen MR) is 81.5 cm³/mol. The molecule has 21 heavy (non-hydrogen) atoms. The normalized spacial score (nSPS) is 13.7. The van der Waals surface area contributed by atoms with Gasteiger partial charge in [0, 0.05) is 11.4 Å². The van der Waals surface area contributed by atoms with E-state index in [0.717, 1.165) is 4.88 Å². The van der Waals surface area contributed by atoms with Crippen LogP contribution in [-0.4, -0.2) is 12.6 Å². The molecule has 1 unspecified atom stereocenters. The molecule has 0 spiro atoms. The van der Waals surface area contributed by atoms with E-state index < -0.39 is 11.5 Å². The fourth-order valence-corrected chi connectivity index (χ4v) is 2.69. The van der Waals surface area contributed by atoms with Gasteiger partial charge in [-0.25, -0.2) is 9.18 Å². The van der Waals surface area contributed by atoms with E-state index in [-0.39, 0.29) is 12.4 Å². The second-order valence-electron chi connectivity index (χ2n) is 4.79. The molecule has 1 aromatic carbocycles. The summed E-state index contributed by atoms with van der Waals surface area (Å²) in [5.41, 5.74) is -0.528. The molecule has 5 heteroatoms. The Kier molecular flexibility index (Phi) is 5.09. The molecule has 1 N–H and O–H groups in total. The van der Waals surface area contributed by atoms with E-state index in [2.05, 4.69) is 5.32 Å². The van der Waals surface area contributed by atoms with Crippen LogP contribution in [0.5, 0.6) is 0 Å². The van der Waals surface area contributed by atoms with Gasteiger partial charge in [0.15, 0.2) is 0 Å². The van der Waals surface area contributed by atoms with Gasteiger partial charge in [0.05, 0.1) is 6.61 Å². The number of halogens is 1. The van der Waals surface area contributed by atoms with E-state index in [9.17, 15) is 9.18 Å². The summed E-state index contributed by atoms with van der Waals surface area (Å²) in [6.45, 7) is 4.27. The van der Waals surface area contributed by atoms with Crippen molar-refractivity contribution < 1.29 is 13.9 Å². The van der Waals surface area contributed by atoms with Crippen molar-refractivity contribution in [1.29, 1.82) is 0 Å². The highest BCUT2D eigenvalue weighted by atomic mass is 32.1. The number of carbonyl (C=O) groups excluding carboxylic acids is 1. The Labute approximate surface area is 127 Å². The third-order valence-corrected chi connectivity index (χ3v) is 4.16. The average Bonchev–Trinajstić information content (AvgIpc) is 2.98. The Morgan fingerprint density at radius 3 is 2.81 bits per heavy atom. The van der Waals surface area contributed by atoms with E-state index >= 15 is 0 Å². The summed E-state index contributed by atoms with van der Waals surface area (Å²) in [7, 11) is 0. The molecule has 0 saturated heterocycles. The number of nitrogens with one attached hydrogen (secondary N) is 1. The first kappa shape index (κ1) is 15.7. The lowest BCUT2D eigenvalue weighted by Crippen LogP contribution is -2.47. The number of hydrogen-bond donors (Lipinski definition) is 1. The van der Waals surface area contributed by atoms with Crippen molar-refractivity contribution in [3.63, 3.8) is 0 Å². The zero-order valence-electron chi connectivity index (χ0n) is 12.1. The molecule has 0 fully saturated rings. The number of rotatable bonds is 6. The molecule has 1 heterocycles. The van der Waals surface area contributed by atoms with Gasteiger partial charge in [0.2, 0.25) is 0 Å². The maximum atomic E-state index is 13.5. The maximum absolute atomic E-state index is 13.5. The second-order valence-corrected chi connectivity index (χ2v) is 5.82. The lowest BCUT2D eigenvalue weighted by atomic mass is 9.91. The fraction of sp³-hybridized carbons (Fsp3) is 0.312. The highest BCUT2D eigenvalue weighted by Crippen LogP contribution is 2.24. The second kappa shape index (κ2) is 6.83. The van der Waals surface area contributed by atoms with Crippen LogP contribution in [0.4, 0.5) is 4.39 Å². The molecule has 2 rings (SSSR count). The van der Waals surface area contributed by atoms with Gasteiger partial charge in [-0.2, -0.15) is 0 Å². The molecular formula is C16H18FNO2S. The van der Waals surface area contributed by atoms with Crippen LogP contribution in [0.25, 0.3) is 0 Å². The SMILES string of the molecule is CCOC(=O)C(C)(NCc1cccs1)c1cccc(F)c1. The smallest absolute Gasteiger partial charge is 0.330 e. The lowest BCUT2D eigenvalue weighted by Gasteiger charge is -2.29. The average molecular weight is 307 g/mol. The van der Waals surface area contributed by atoms with Gasteiger partial charge in [-0.05, 0) is 43.0 Å². The molecule has 3 nitrogen and oxygen atoms in total.